The van der Waals surface area contributed by atoms with E-state index in [9.17, 15) is 14.0 Å². The molecular weight excluding hydrogens is 293 g/mol. The van der Waals surface area contributed by atoms with Gasteiger partial charge < -0.3 is 5.32 Å². The first-order chi connectivity index (χ1) is 11.1. The molecule has 1 heterocycles. The fourth-order valence-corrected chi connectivity index (χ4v) is 3.97. The molecule has 3 aliphatic rings. The van der Waals surface area contributed by atoms with Gasteiger partial charge in [-0.3, -0.25) is 9.59 Å². The van der Waals surface area contributed by atoms with E-state index < -0.39 is 0 Å². The van der Waals surface area contributed by atoms with Crippen LogP contribution in [0.4, 0.5) is 4.39 Å². The van der Waals surface area contributed by atoms with Crippen LogP contribution in [0.3, 0.4) is 0 Å². The van der Waals surface area contributed by atoms with Gasteiger partial charge in [-0.25, -0.2) is 4.39 Å². The summed E-state index contributed by atoms with van der Waals surface area (Å²) < 4.78 is 13.3. The topological polar surface area (TPSA) is 46.2 Å². The molecule has 0 radical (unpaired) electrons. The zero-order valence-electron chi connectivity index (χ0n) is 12.8. The third kappa shape index (κ3) is 2.33. The van der Waals surface area contributed by atoms with Gasteiger partial charge in [0.2, 0.25) is 0 Å². The Morgan fingerprint density at radius 3 is 1.87 bits per heavy atom. The Hall–Kier alpha value is -2.23. The number of halogens is 1. The number of benzene rings is 1. The van der Waals surface area contributed by atoms with Crippen LogP contribution in [0.2, 0.25) is 0 Å². The van der Waals surface area contributed by atoms with Gasteiger partial charge in [0, 0.05) is 41.3 Å². The van der Waals surface area contributed by atoms with Crippen molar-refractivity contribution in [3.05, 3.63) is 58.2 Å². The molecule has 0 atom stereocenters. The van der Waals surface area contributed by atoms with Crippen molar-refractivity contribution in [2.75, 3.05) is 0 Å². The minimum atomic E-state index is -0.331. The first-order valence-electron chi connectivity index (χ1n) is 8.20. The van der Waals surface area contributed by atoms with E-state index in [0.717, 1.165) is 53.8 Å². The van der Waals surface area contributed by atoms with E-state index >= 15 is 0 Å². The Morgan fingerprint density at radius 2 is 1.35 bits per heavy atom. The summed E-state index contributed by atoms with van der Waals surface area (Å²) in [6.07, 6.45) is 4.41. The van der Waals surface area contributed by atoms with E-state index in [2.05, 4.69) is 5.32 Å². The van der Waals surface area contributed by atoms with Crippen molar-refractivity contribution in [2.24, 2.45) is 0 Å². The lowest BCUT2D eigenvalue weighted by atomic mass is 9.71. The number of hydrogen-bond donors (Lipinski definition) is 1. The summed E-state index contributed by atoms with van der Waals surface area (Å²) in [6.45, 7) is 0. The molecule has 0 unspecified atom stereocenters. The monoisotopic (exact) mass is 311 g/mol. The number of carbonyl (C=O) groups is 2. The second kappa shape index (κ2) is 5.44. The molecule has 0 bridgehead atoms. The van der Waals surface area contributed by atoms with Crippen LogP contribution in [0, 0.1) is 5.82 Å². The van der Waals surface area contributed by atoms with E-state index in [1.54, 1.807) is 12.1 Å². The first kappa shape index (κ1) is 14.4. The van der Waals surface area contributed by atoms with Crippen LogP contribution in [-0.4, -0.2) is 11.6 Å². The van der Waals surface area contributed by atoms with Crippen molar-refractivity contribution in [3.63, 3.8) is 0 Å². The maximum Gasteiger partial charge on any atom is 0.161 e. The van der Waals surface area contributed by atoms with E-state index in [0.29, 0.717) is 12.8 Å². The smallest absolute Gasteiger partial charge is 0.161 e. The normalized spacial score (nSPS) is 22.0. The molecule has 0 aromatic heterocycles. The number of Topliss-reactive ketones (excluding diaryl/α,β-unsaturated/α-hetero) is 2. The molecule has 4 rings (SSSR count). The maximum atomic E-state index is 13.3. The van der Waals surface area contributed by atoms with Crippen LogP contribution in [0.15, 0.2) is 46.8 Å². The maximum absolute atomic E-state index is 13.3. The van der Waals surface area contributed by atoms with Crippen LogP contribution >= 0.6 is 0 Å². The third-order valence-electron chi connectivity index (χ3n) is 4.99. The molecule has 1 N–H and O–H groups in total. The van der Waals surface area contributed by atoms with Gasteiger partial charge in [-0.1, -0.05) is 12.1 Å². The fraction of sp³-hybridized carbons (Fsp3) is 0.368. The highest BCUT2D eigenvalue weighted by atomic mass is 19.1. The molecule has 0 fully saturated rings. The van der Waals surface area contributed by atoms with Gasteiger partial charge in [-0.15, -0.1) is 0 Å². The predicted octanol–water partition coefficient (Wildman–Crippen LogP) is 3.53. The summed E-state index contributed by atoms with van der Waals surface area (Å²) in [7, 11) is 0. The summed E-state index contributed by atoms with van der Waals surface area (Å²) in [5, 5.41) is 3.37. The van der Waals surface area contributed by atoms with Gasteiger partial charge in [0.25, 0.3) is 0 Å². The van der Waals surface area contributed by atoms with Gasteiger partial charge in [-0.05, 0) is 43.4 Å². The van der Waals surface area contributed by atoms with Crippen molar-refractivity contribution in [1.82, 2.24) is 5.32 Å². The first-order valence-corrected chi connectivity index (χ1v) is 8.20. The second-order valence-electron chi connectivity index (χ2n) is 6.45. The number of rotatable bonds is 1. The van der Waals surface area contributed by atoms with Crippen LogP contribution in [0.5, 0.6) is 0 Å². The Bertz CT molecular complexity index is 716. The summed E-state index contributed by atoms with van der Waals surface area (Å²) in [4.78, 5) is 25.1. The predicted molar refractivity (Wildman–Crippen MR) is 84.0 cm³/mol. The summed E-state index contributed by atoms with van der Waals surface area (Å²) in [5.41, 5.74) is 4.19. The lowest BCUT2D eigenvalue weighted by Gasteiger charge is -2.37. The average molecular weight is 311 g/mol. The molecule has 23 heavy (non-hydrogen) atoms. The zero-order chi connectivity index (χ0) is 16.0. The minimum Gasteiger partial charge on any atom is -0.362 e. The molecule has 2 aliphatic carbocycles. The lowest BCUT2D eigenvalue weighted by molar-refractivity contribution is -0.116. The molecular formula is C19H18FNO2. The lowest BCUT2D eigenvalue weighted by Crippen LogP contribution is -2.36. The highest BCUT2D eigenvalue weighted by Crippen LogP contribution is 2.45. The molecule has 1 aliphatic heterocycles. The molecule has 0 saturated carbocycles. The van der Waals surface area contributed by atoms with E-state index in [1.807, 2.05) is 0 Å². The molecule has 3 nitrogen and oxygen atoms in total. The third-order valence-corrected chi connectivity index (χ3v) is 4.99. The highest BCUT2D eigenvalue weighted by Gasteiger charge is 2.39. The standard InChI is InChI=1S/C19H18FNO2/c20-12-9-7-11(8-10-12)17-18-13(3-1-5-15(18)22)21-14-4-2-6-16(23)19(14)17/h7-10,17,21H,1-6H2. The minimum absolute atomic E-state index is 0.109. The molecule has 0 amide bonds. The quantitative estimate of drug-likeness (QED) is 0.863. The van der Waals surface area contributed by atoms with Crippen LogP contribution in [0.1, 0.15) is 50.0 Å². The fourth-order valence-electron chi connectivity index (χ4n) is 3.97. The van der Waals surface area contributed by atoms with Crippen LogP contribution < -0.4 is 5.32 Å². The number of allylic oxidation sites excluding steroid dienone is 4. The van der Waals surface area contributed by atoms with E-state index in [1.165, 1.54) is 12.1 Å². The van der Waals surface area contributed by atoms with Gasteiger partial charge in [0.1, 0.15) is 5.82 Å². The summed E-state index contributed by atoms with van der Waals surface area (Å²) >= 11 is 0. The Morgan fingerprint density at radius 1 is 0.826 bits per heavy atom. The molecule has 0 spiro atoms. The van der Waals surface area contributed by atoms with Crippen LogP contribution in [-0.2, 0) is 9.59 Å². The Kier molecular flexibility index (Phi) is 3.40. The van der Waals surface area contributed by atoms with Gasteiger partial charge in [-0.2, -0.15) is 0 Å². The number of hydrogen-bond acceptors (Lipinski definition) is 3. The van der Waals surface area contributed by atoms with Gasteiger partial charge in [0.15, 0.2) is 11.6 Å². The molecule has 118 valence electrons. The molecule has 1 aromatic rings. The van der Waals surface area contributed by atoms with Crippen LogP contribution in [0.25, 0.3) is 0 Å². The number of carbonyl (C=O) groups excluding carboxylic acids is 2. The molecule has 4 heteroatoms. The summed E-state index contributed by atoms with van der Waals surface area (Å²) in [5.74, 6) is -0.422. The zero-order valence-corrected chi connectivity index (χ0v) is 12.8. The molecule has 0 saturated heterocycles. The van der Waals surface area contributed by atoms with E-state index in [-0.39, 0.29) is 23.3 Å². The van der Waals surface area contributed by atoms with Crippen molar-refractivity contribution in [1.29, 1.82) is 0 Å². The van der Waals surface area contributed by atoms with Crippen molar-refractivity contribution < 1.29 is 14.0 Å². The number of nitrogens with one attached hydrogen (secondary N) is 1. The second-order valence-corrected chi connectivity index (χ2v) is 6.45. The van der Waals surface area contributed by atoms with Crippen molar-refractivity contribution in [2.45, 2.75) is 44.4 Å². The Balaban J connectivity index is 1.90. The largest absolute Gasteiger partial charge is 0.362 e. The van der Waals surface area contributed by atoms with Gasteiger partial charge in [0.05, 0.1) is 0 Å². The summed E-state index contributed by atoms with van der Waals surface area (Å²) in [6, 6.07) is 6.20. The van der Waals surface area contributed by atoms with Gasteiger partial charge >= 0.3 is 0 Å². The number of ketones is 2. The average Bonchev–Trinajstić information content (AvgIpc) is 2.54. The Labute approximate surface area is 134 Å². The SMILES string of the molecule is O=C1CCCC2=C1C(c1ccc(F)cc1)C1=C(CCCC1=O)N2. The van der Waals surface area contributed by atoms with Crippen molar-refractivity contribution >= 4 is 11.6 Å². The highest BCUT2D eigenvalue weighted by molar-refractivity contribution is 6.06. The van der Waals surface area contributed by atoms with Crippen molar-refractivity contribution in [3.8, 4) is 0 Å². The van der Waals surface area contributed by atoms with E-state index in [4.69, 9.17) is 0 Å². The molecule has 1 aromatic carbocycles. The number of dihydropyridines is 1.